The largest absolute Gasteiger partial charge is 0.332 e. The summed E-state index contributed by atoms with van der Waals surface area (Å²) < 4.78 is 6.94. The van der Waals surface area contributed by atoms with Gasteiger partial charge in [-0.15, -0.1) is 0 Å². The van der Waals surface area contributed by atoms with Crippen molar-refractivity contribution in [3.63, 3.8) is 0 Å². The van der Waals surface area contributed by atoms with Crippen LogP contribution in [0.1, 0.15) is 30.2 Å². The number of aromatic nitrogens is 2. The van der Waals surface area contributed by atoms with Crippen LogP contribution in [0.4, 0.5) is 5.88 Å². The van der Waals surface area contributed by atoms with Crippen molar-refractivity contribution in [3.8, 4) is 0 Å². The summed E-state index contributed by atoms with van der Waals surface area (Å²) in [6.45, 7) is 4.01. The average Bonchev–Trinajstić information content (AvgIpc) is 2.82. The van der Waals surface area contributed by atoms with E-state index in [1.807, 2.05) is 38.3 Å². The summed E-state index contributed by atoms with van der Waals surface area (Å²) in [6.07, 6.45) is 1.92. The highest BCUT2D eigenvalue weighted by Crippen LogP contribution is 2.22. The quantitative estimate of drug-likeness (QED) is 0.689. The van der Waals surface area contributed by atoms with Crippen molar-refractivity contribution in [2.24, 2.45) is 0 Å². The molecule has 0 bridgehead atoms. The van der Waals surface area contributed by atoms with Gasteiger partial charge in [0.25, 0.3) is 5.91 Å². The molecular formula is C13H16N3O2S+. The monoisotopic (exact) mass is 278 g/mol. The predicted octanol–water partition coefficient (Wildman–Crippen LogP) is 2.52. The Labute approximate surface area is 116 Å². The number of nitrogens with one attached hydrogen (secondary N) is 1. The number of carbonyl (C=O) groups is 1. The van der Waals surface area contributed by atoms with Crippen LogP contribution in [0.5, 0.6) is 0 Å². The number of anilines is 1. The fourth-order valence-electron chi connectivity index (χ4n) is 1.62. The van der Waals surface area contributed by atoms with Crippen molar-refractivity contribution < 1.29 is 14.0 Å². The lowest BCUT2D eigenvalue weighted by molar-refractivity contribution is -0.809. The number of hydrogen-bond donors (Lipinski definition) is 1. The Balaban J connectivity index is 2.22. The van der Waals surface area contributed by atoms with Crippen LogP contribution in [-0.2, 0) is 0 Å². The van der Waals surface area contributed by atoms with E-state index in [4.69, 9.17) is 4.52 Å². The second kappa shape index (κ2) is 5.88. The minimum Gasteiger partial charge on any atom is -0.284 e. The lowest BCUT2D eigenvalue weighted by atomic mass is 10.2. The molecule has 0 aliphatic carbocycles. The zero-order valence-electron chi connectivity index (χ0n) is 11.1. The number of benzene rings is 1. The number of nitrogens with zero attached hydrogens (tertiary/aromatic N) is 2. The highest BCUT2D eigenvalue weighted by Gasteiger charge is 2.27. The molecule has 0 saturated carbocycles. The number of hydrogen-bond acceptors (Lipinski definition) is 4. The predicted molar refractivity (Wildman–Crippen MR) is 73.3 cm³/mol. The van der Waals surface area contributed by atoms with Gasteiger partial charge in [-0.1, -0.05) is 30.0 Å². The fraction of sp³-hybridized carbons (Fsp3) is 0.308. The Morgan fingerprint density at radius 2 is 2.05 bits per heavy atom. The number of amides is 1. The minimum absolute atomic E-state index is 0.175. The van der Waals surface area contributed by atoms with E-state index in [9.17, 15) is 4.79 Å². The lowest BCUT2D eigenvalue weighted by Crippen LogP contribution is -2.39. The van der Waals surface area contributed by atoms with Crippen molar-refractivity contribution in [1.82, 2.24) is 5.27 Å². The number of carbonyl (C=O) groups excluding carboxylic acids is 1. The number of thioether (sulfide) groups is 1. The Morgan fingerprint density at radius 3 is 2.63 bits per heavy atom. The zero-order valence-corrected chi connectivity index (χ0v) is 11.9. The van der Waals surface area contributed by atoms with Gasteiger partial charge in [0.05, 0.1) is 0 Å². The van der Waals surface area contributed by atoms with Crippen LogP contribution in [0.25, 0.3) is 0 Å². The Hall–Kier alpha value is -1.82. The first-order valence-corrected chi connectivity index (χ1v) is 7.18. The van der Waals surface area contributed by atoms with E-state index in [-0.39, 0.29) is 11.9 Å². The summed E-state index contributed by atoms with van der Waals surface area (Å²) >= 11 is 1.49. The zero-order chi connectivity index (χ0) is 13.8. The molecule has 1 aromatic carbocycles. The average molecular weight is 278 g/mol. The van der Waals surface area contributed by atoms with Gasteiger partial charge in [-0.3, -0.25) is 14.6 Å². The van der Waals surface area contributed by atoms with Gasteiger partial charge in [0.1, 0.15) is 0 Å². The van der Waals surface area contributed by atoms with Crippen molar-refractivity contribution in [3.05, 3.63) is 35.9 Å². The van der Waals surface area contributed by atoms with Crippen LogP contribution >= 0.6 is 11.8 Å². The van der Waals surface area contributed by atoms with E-state index in [1.165, 1.54) is 11.8 Å². The van der Waals surface area contributed by atoms with Crippen molar-refractivity contribution in [2.45, 2.75) is 24.9 Å². The summed E-state index contributed by atoms with van der Waals surface area (Å²) in [5, 5.41) is 7.49. The standard InChI is InChI=1S/C13H15N3O2S/c1-9(2)16-13(19-3)12(18-15-16)14-11(17)10-7-5-4-6-8-10/h4-9H,1-3H3/p+1. The lowest BCUT2D eigenvalue weighted by Gasteiger charge is -2.00. The maximum Gasteiger partial charge on any atom is 0.332 e. The van der Waals surface area contributed by atoms with Crippen LogP contribution in [-0.4, -0.2) is 17.4 Å². The molecule has 1 N–H and O–H groups in total. The molecule has 0 fully saturated rings. The molecule has 0 saturated heterocycles. The Morgan fingerprint density at radius 1 is 1.37 bits per heavy atom. The molecule has 6 heteroatoms. The van der Waals surface area contributed by atoms with Gasteiger partial charge < -0.3 is 0 Å². The topological polar surface area (TPSA) is 59.0 Å². The molecule has 0 atom stereocenters. The van der Waals surface area contributed by atoms with Gasteiger partial charge >= 0.3 is 10.9 Å². The molecule has 2 rings (SSSR count). The minimum atomic E-state index is -0.206. The first-order chi connectivity index (χ1) is 9.13. The summed E-state index contributed by atoms with van der Waals surface area (Å²) in [5.41, 5.74) is 0.585. The van der Waals surface area contributed by atoms with E-state index < -0.39 is 0 Å². The molecule has 0 aliphatic heterocycles. The molecular weight excluding hydrogens is 262 g/mol. The summed E-state index contributed by atoms with van der Waals surface area (Å²) in [6, 6.07) is 9.18. The molecule has 0 radical (unpaired) electrons. The van der Waals surface area contributed by atoms with Crippen molar-refractivity contribution in [1.29, 1.82) is 0 Å². The first-order valence-electron chi connectivity index (χ1n) is 5.95. The van der Waals surface area contributed by atoms with Gasteiger partial charge in [-0.25, -0.2) is 0 Å². The molecule has 0 aliphatic rings. The molecule has 2 aromatic rings. The van der Waals surface area contributed by atoms with E-state index in [0.717, 1.165) is 5.03 Å². The maximum absolute atomic E-state index is 12.0. The molecule has 5 nitrogen and oxygen atoms in total. The third-order valence-electron chi connectivity index (χ3n) is 2.57. The van der Waals surface area contributed by atoms with Crippen LogP contribution in [0, 0.1) is 0 Å². The molecule has 0 unspecified atom stereocenters. The van der Waals surface area contributed by atoms with E-state index >= 15 is 0 Å². The molecule has 0 spiro atoms. The van der Waals surface area contributed by atoms with E-state index in [2.05, 4.69) is 10.6 Å². The third kappa shape index (κ3) is 2.96. The second-order valence-electron chi connectivity index (χ2n) is 4.27. The Bertz CT molecular complexity index is 567. The summed E-state index contributed by atoms with van der Waals surface area (Å²) in [7, 11) is 0. The highest BCUT2D eigenvalue weighted by molar-refractivity contribution is 7.98. The summed E-state index contributed by atoms with van der Waals surface area (Å²) in [5.74, 6) is 0.179. The van der Waals surface area contributed by atoms with Gasteiger partial charge in [0.15, 0.2) is 6.04 Å². The van der Waals surface area contributed by atoms with Gasteiger partial charge in [0, 0.05) is 19.4 Å². The van der Waals surface area contributed by atoms with Crippen LogP contribution < -0.4 is 10.00 Å². The fourth-order valence-corrected chi connectivity index (χ4v) is 2.33. The van der Waals surface area contributed by atoms with E-state index in [0.29, 0.717) is 11.4 Å². The molecule has 1 heterocycles. The molecule has 100 valence electrons. The normalized spacial score (nSPS) is 10.7. The third-order valence-corrected chi connectivity index (χ3v) is 3.33. The molecule has 1 amide bonds. The Kier molecular flexibility index (Phi) is 4.21. The van der Waals surface area contributed by atoms with Crippen molar-refractivity contribution >= 4 is 23.6 Å². The molecule has 19 heavy (non-hydrogen) atoms. The number of rotatable bonds is 4. The maximum atomic E-state index is 12.0. The van der Waals surface area contributed by atoms with Crippen LogP contribution in [0.15, 0.2) is 39.9 Å². The van der Waals surface area contributed by atoms with Gasteiger partial charge in [-0.05, 0) is 23.1 Å². The molecule has 1 aromatic heterocycles. The smallest absolute Gasteiger partial charge is 0.284 e. The van der Waals surface area contributed by atoms with Crippen LogP contribution in [0.2, 0.25) is 0 Å². The van der Waals surface area contributed by atoms with Gasteiger partial charge in [0.2, 0.25) is 5.27 Å². The van der Waals surface area contributed by atoms with Crippen molar-refractivity contribution in [2.75, 3.05) is 11.6 Å². The SMILES string of the molecule is CSc1c(NC(=O)c2ccccc2)on[n+]1C(C)C. The second-order valence-corrected chi connectivity index (χ2v) is 5.06. The van der Waals surface area contributed by atoms with Crippen LogP contribution in [0.3, 0.4) is 0 Å². The highest BCUT2D eigenvalue weighted by atomic mass is 32.2. The first kappa shape index (κ1) is 13.6. The van der Waals surface area contributed by atoms with E-state index in [1.54, 1.807) is 16.8 Å². The summed E-state index contributed by atoms with van der Waals surface area (Å²) in [4.78, 5) is 12.0. The van der Waals surface area contributed by atoms with Gasteiger partial charge in [-0.2, -0.15) is 0 Å².